The van der Waals surface area contributed by atoms with Crippen LogP contribution in [0.1, 0.15) is 12.8 Å². The van der Waals surface area contributed by atoms with E-state index in [1.54, 1.807) is 0 Å². The van der Waals surface area contributed by atoms with Gasteiger partial charge in [0.1, 0.15) is 0 Å². The molecule has 0 unspecified atom stereocenters. The third-order valence-electron chi connectivity index (χ3n) is 1.06. The van der Waals surface area contributed by atoms with Gasteiger partial charge < -0.3 is 20.4 Å². The Bertz CT molecular complexity index is 178. The van der Waals surface area contributed by atoms with Crippen LogP contribution in [0.2, 0.25) is 0 Å². The van der Waals surface area contributed by atoms with Crippen LogP contribution in [0.15, 0.2) is 0 Å². The molecule has 0 radical (unpaired) electrons. The molecule has 17 heavy (non-hydrogen) atoms. The molecule has 0 amide bonds. The van der Waals surface area contributed by atoms with Gasteiger partial charge in [0.05, 0.1) is 39.3 Å². The van der Waals surface area contributed by atoms with Crippen molar-refractivity contribution in [1.29, 1.82) is 0 Å². The average molecular weight is 255 g/mol. The number of carboxylic acids is 2. The van der Waals surface area contributed by atoms with E-state index in [0.29, 0.717) is 0 Å². The summed E-state index contributed by atoms with van der Waals surface area (Å²) in [5, 5.41) is 32.1. The number of carbonyl (C=O) groups is 2. The van der Waals surface area contributed by atoms with Crippen LogP contribution in [0.4, 0.5) is 0 Å². The number of aliphatic hydroxyl groups excluding tert-OH is 2. The monoisotopic (exact) mass is 255 g/mol. The molecule has 0 atom stereocenters. The highest BCUT2D eigenvalue weighted by Gasteiger charge is 2.00. The summed E-state index contributed by atoms with van der Waals surface area (Å²) < 4.78 is 0. The third-order valence-corrected chi connectivity index (χ3v) is 1.06. The summed E-state index contributed by atoms with van der Waals surface area (Å²) in [5.74, 6) is -2.15. The van der Waals surface area contributed by atoms with Crippen LogP contribution < -0.4 is 5.64 Å². The van der Waals surface area contributed by atoms with Gasteiger partial charge in [0.2, 0.25) is 0 Å². The molecular formula is C8H17NO8. The zero-order valence-corrected chi connectivity index (χ0v) is 9.16. The highest BCUT2D eigenvalue weighted by Crippen LogP contribution is 1.86. The SMILES string of the molecule is O=C(O)CCC(=O)O.OCCONOCCO. The summed E-state index contributed by atoms with van der Waals surface area (Å²) in [4.78, 5) is 28.2. The lowest BCUT2D eigenvalue weighted by atomic mass is 10.3. The van der Waals surface area contributed by atoms with Crippen molar-refractivity contribution in [3.8, 4) is 0 Å². The zero-order chi connectivity index (χ0) is 13.5. The second-order valence-corrected chi connectivity index (χ2v) is 2.51. The predicted octanol–water partition coefficient (Wildman–Crippen LogP) is -1.64. The Balaban J connectivity index is 0. The predicted molar refractivity (Wildman–Crippen MR) is 53.7 cm³/mol. The smallest absolute Gasteiger partial charge is 0.303 e. The van der Waals surface area contributed by atoms with E-state index in [1.807, 2.05) is 0 Å². The van der Waals surface area contributed by atoms with E-state index in [4.69, 9.17) is 20.4 Å². The average Bonchev–Trinajstić information content (AvgIpc) is 2.27. The molecule has 0 bridgehead atoms. The number of carboxylic acid groups (broad SMARTS) is 2. The molecule has 9 heteroatoms. The van der Waals surface area contributed by atoms with Crippen molar-refractivity contribution in [3.05, 3.63) is 0 Å². The van der Waals surface area contributed by atoms with Gasteiger partial charge in [-0.15, -0.1) is 0 Å². The molecule has 9 nitrogen and oxygen atoms in total. The molecule has 0 aromatic carbocycles. The van der Waals surface area contributed by atoms with Gasteiger partial charge in [0.15, 0.2) is 0 Å². The molecular weight excluding hydrogens is 238 g/mol. The summed E-state index contributed by atoms with van der Waals surface area (Å²) >= 11 is 0. The van der Waals surface area contributed by atoms with Gasteiger partial charge in [0.25, 0.3) is 0 Å². The summed E-state index contributed by atoms with van der Waals surface area (Å²) in [6.07, 6.45) is -0.593. The fraction of sp³-hybridized carbons (Fsp3) is 0.750. The Morgan fingerprint density at radius 3 is 1.47 bits per heavy atom. The van der Waals surface area contributed by atoms with Crippen molar-refractivity contribution in [3.63, 3.8) is 0 Å². The second kappa shape index (κ2) is 14.7. The molecule has 0 aromatic heterocycles. The van der Waals surface area contributed by atoms with E-state index in [1.165, 1.54) is 0 Å². The molecule has 0 aliphatic heterocycles. The standard InChI is InChI=1S/C4H11NO4.C4H6O4/c6-1-3-8-5-9-4-2-7;5-3(6)1-2-4(7)8/h5-7H,1-4H2;1-2H2,(H,5,6)(H,7,8). The summed E-state index contributed by atoms with van der Waals surface area (Å²) in [7, 11) is 0. The van der Waals surface area contributed by atoms with Crippen LogP contribution >= 0.6 is 0 Å². The first kappa shape index (κ1) is 18.1. The van der Waals surface area contributed by atoms with Crippen molar-refractivity contribution in [2.45, 2.75) is 12.8 Å². The van der Waals surface area contributed by atoms with Crippen molar-refractivity contribution in [1.82, 2.24) is 5.64 Å². The fourth-order valence-corrected chi connectivity index (χ4v) is 0.430. The highest BCUT2D eigenvalue weighted by molar-refractivity contribution is 5.75. The van der Waals surface area contributed by atoms with Gasteiger partial charge in [-0.3, -0.25) is 19.3 Å². The number of hydrogen-bond acceptors (Lipinski definition) is 7. The molecule has 5 N–H and O–H groups in total. The number of hydrogen-bond donors (Lipinski definition) is 5. The largest absolute Gasteiger partial charge is 0.481 e. The van der Waals surface area contributed by atoms with Gasteiger partial charge in [-0.05, 0) is 0 Å². The van der Waals surface area contributed by atoms with Gasteiger partial charge in [-0.1, -0.05) is 5.64 Å². The van der Waals surface area contributed by atoms with E-state index in [-0.39, 0.29) is 39.3 Å². The van der Waals surface area contributed by atoms with Crippen LogP contribution in [-0.4, -0.2) is 58.8 Å². The number of rotatable bonds is 9. The number of nitrogens with one attached hydrogen (secondary N) is 1. The zero-order valence-electron chi connectivity index (χ0n) is 9.16. The molecule has 0 spiro atoms. The first-order valence-corrected chi connectivity index (χ1v) is 4.68. The number of aliphatic carboxylic acids is 2. The van der Waals surface area contributed by atoms with E-state index >= 15 is 0 Å². The van der Waals surface area contributed by atoms with E-state index in [2.05, 4.69) is 15.3 Å². The van der Waals surface area contributed by atoms with E-state index in [9.17, 15) is 9.59 Å². The molecule has 0 aliphatic rings. The molecule has 0 aliphatic carbocycles. The summed E-state index contributed by atoms with van der Waals surface area (Å²) in [6.45, 7) is 0.224. The van der Waals surface area contributed by atoms with E-state index in [0.717, 1.165) is 0 Å². The Hall–Kier alpha value is -1.26. The van der Waals surface area contributed by atoms with Gasteiger partial charge in [-0.25, -0.2) is 0 Å². The van der Waals surface area contributed by atoms with Crippen LogP contribution in [0.3, 0.4) is 0 Å². The number of aliphatic hydroxyl groups is 2. The normalized spacial score (nSPS) is 9.29. The Morgan fingerprint density at radius 2 is 1.24 bits per heavy atom. The molecule has 0 saturated heterocycles. The first-order valence-electron chi connectivity index (χ1n) is 4.68. The highest BCUT2D eigenvalue weighted by atomic mass is 16.9. The lowest BCUT2D eigenvalue weighted by molar-refractivity contribution is -0.178. The Kier molecular flexibility index (Phi) is 15.7. The first-order chi connectivity index (χ1) is 8.04. The molecule has 102 valence electrons. The Labute approximate surface area is 97.5 Å². The minimum atomic E-state index is -1.08. The molecule has 0 rings (SSSR count). The maximum absolute atomic E-state index is 9.64. The third kappa shape index (κ3) is 25.2. The van der Waals surface area contributed by atoms with Gasteiger partial charge >= 0.3 is 11.9 Å². The maximum atomic E-state index is 9.64. The molecule has 0 saturated carbocycles. The fourth-order valence-electron chi connectivity index (χ4n) is 0.430. The summed E-state index contributed by atoms with van der Waals surface area (Å²) in [6, 6.07) is 0. The Morgan fingerprint density at radius 1 is 0.882 bits per heavy atom. The van der Waals surface area contributed by atoms with Crippen molar-refractivity contribution in [2.75, 3.05) is 26.4 Å². The minimum absolute atomic E-state index is 0.0600. The minimum Gasteiger partial charge on any atom is -0.481 e. The van der Waals surface area contributed by atoms with Crippen LogP contribution in [0, 0.1) is 0 Å². The molecule has 0 aromatic rings. The van der Waals surface area contributed by atoms with Gasteiger partial charge in [-0.2, -0.15) is 0 Å². The quantitative estimate of drug-likeness (QED) is 0.242. The topological polar surface area (TPSA) is 146 Å². The molecule has 0 fully saturated rings. The van der Waals surface area contributed by atoms with Gasteiger partial charge in [0, 0.05) is 0 Å². The maximum Gasteiger partial charge on any atom is 0.303 e. The lowest BCUT2D eigenvalue weighted by Crippen LogP contribution is -2.19. The van der Waals surface area contributed by atoms with Crippen LogP contribution in [-0.2, 0) is 19.3 Å². The van der Waals surface area contributed by atoms with Crippen molar-refractivity contribution < 1.29 is 39.7 Å². The summed E-state index contributed by atoms with van der Waals surface area (Å²) in [5.41, 5.74) is 2.07. The van der Waals surface area contributed by atoms with Crippen LogP contribution in [0.25, 0.3) is 0 Å². The van der Waals surface area contributed by atoms with E-state index < -0.39 is 11.9 Å². The van der Waals surface area contributed by atoms with Crippen molar-refractivity contribution in [2.24, 2.45) is 0 Å². The lowest BCUT2D eigenvalue weighted by Gasteiger charge is -2.01. The second-order valence-electron chi connectivity index (χ2n) is 2.51. The van der Waals surface area contributed by atoms with Crippen molar-refractivity contribution >= 4 is 11.9 Å². The molecule has 0 heterocycles. The van der Waals surface area contributed by atoms with Crippen LogP contribution in [0.5, 0.6) is 0 Å².